The fourth-order valence-corrected chi connectivity index (χ4v) is 3.05. The van der Waals surface area contributed by atoms with Gasteiger partial charge in [-0.15, -0.1) is 11.3 Å². The molecule has 0 unspecified atom stereocenters. The molecule has 1 saturated heterocycles. The van der Waals surface area contributed by atoms with Crippen molar-refractivity contribution < 1.29 is 48.2 Å². The van der Waals surface area contributed by atoms with Gasteiger partial charge >= 0.3 is 17.9 Å². The molecule has 15 nitrogen and oxygen atoms in total. The summed E-state index contributed by atoms with van der Waals surface area (Å²) < 4.78 is 9.55. The summed E-state index contributed by atoms with van der Waals surface area (Å²) in [6.45, 7) is 7.67. The maximum atomic E-state index is 12.9. The van der Waals surface area contributed by atoms with E-state index in [9.17, 15) is 29.1 Å². The van der Waals surface area contributed by atoms with Crippen LogP contribution in [0.4, 0.5) is 5.13 Å². The van der Waals surface area contributed by atoms with Crippen LogP contribution >= 0.6 is 11.3 Å². The standard InChI is InChI=1S/C21H29N5O10S/c1-10-13(16(29)26(10)35-7-12(27)33-9-34-18(32)20(2,3)4)24-15(28)14(11-8-37-19(22)23-11)25-36-21(5,6)17(30)31/h8,10,13H,7,9H2,1-6H3,(H2,22,23)(H,24,28)(H,30,31)/t10-,13-/m0/s1. The van der Waals surface area contributed by atoms with Crippen molar-refractivity contribution in [2.24, 2.45) is 10.6 Å². The summed E-state index contributed by atoms with van der Waals surface area (Å²) in [5.41, 5.74) is 2.72. The number of thiazole rings is 1. The molecule has 2 amide bonds. The van der Waals surface area contributed by atoms with E-state index in [1.807, 2.05) is 0 Å². The lowest BCUT2D eigenvalue weighted by Crippen LogP contribution is -2.70. The van der Waals surface area contributed by atoms with Crippen molar-refractivity contribution in [1.29, 1.82) is 0 Å². The molecule has 204 valence electrons. The summed E-state index contributed by atoms with van der Waals surface area (Å²) in [5.74, 6) is -4.32. The molecule has 1 aliphatic heterocycles. The number of oxime groups is 1. The number of nitrogen functional groups attached to an aromatic ring is 1. The minimum Gasteiger partial charge on any atom is -0.478 e. The van der Waals surface area contributed by atoms with Crippen LogP contribution in [0.2, 0.25) is 0 Å². The van der Waals surface area contributed by atoms with E-state index in [0.29, 0.717) is 0 Å². The Morgan fingerprint density at radius 3 is 2.38 bits per heavy atom. The molecule has 0 spiro atoms. The maximum Gasteiger partial charge on any atom is 0.350 e. The molecule has 1 aliphatic rings. The molecule has 16 heteroatoms. The van der Waals surface area contributed by atoms with E-state index < -0.39 is 71.9 Å². The van der Waals surface area contributed by atoms with Gasteiger partial charge in [0.25, 0.3) is 11.8 Å². The van der Waals surface area contributed by atoms with Crippen molar-refractivity contribution in [3.63, 3.8) is 0 Å². The molecular formula is C21H29N5O10S. The second kappa shape index (κ2) is 11.5. The number of esters is 2. The third-order valence-electron chi connectivity index (χ3n) is 4.83. The lowest BCUT2D eigenvalue weighted by Gasteiger charge is -2.43. The molecule has 2 atom stereocenters. The Morgan fingerprint density at radius 1 is 1.22 bits per heavy atom. The molecule has 37 heavy (non-hydrogen) atoms. The molecular weight excluding hydrogens is 514 g/mol. The predicted molar refractivity (Wildman–Crippen MR) is 127 cm³/mol. The van der Waals surface area contributed by atoms with Gasteiger partial charge in [0.15, 0.2) is 17.5 Å². The summed E-state index contributed by atoms with van der Waals surface area (Å²) in [4.78, 5) is 74.2. The fourth-order valence-electron chi connectivity index (χ4n) is 2.50. The zero-order valence-electron chi connectivity index (χ0n) is 21.1. The lowest BCUT2D eigenvalue weighted by atomic mass is 9.98. The number of carbonyl (C=O) groups excluding carboxylic acids is 4. The van der Waals surface area contributed by atoms with Gasteiger partial charge in [-0.1, -0.05) is 5.16 Å². The average Bonchev–Trinajstić information content (AvgIpc) is 3.22. The number of hydrogen-bond donors (Lipinski definition) is 3. The van der Waals surface area contributed by atoms with Gasteiger partial charge < -0.3 is 30.5 Å². The summed E-state index contributed by atoms with van der Waals surface area (Å²) in [7, 11) is 0. The number of rotatable bonds is 11. The summed E-state index contributed by atoms with van der Waals surface area (Å²) in [6, 6.07) is -1.74. The van der Waals surface area contributed by atoms with Gasteiger partial charge in [-0.2, -0.15) is 0 Å². The monoisotopic (exact) mass is 543 g/mol. The van der Waals surface area contributed by atoms with Gasteiger partial charge in [0, 0.05) is 5.38 Å². The van der Waals surface area contributed by atoms with Gasteiger partial charge in [-0.05, 0) is 41.5 Å². The van der Waals surface area contributed by atoms with E-state index in [2.05, 4.69) is 15.5 Å². The highest BCUT2D eigenvalue weighted by Gasteiger charge is 2.47. The molecule has 1 fully saturated rings. The number of carboxylic acids is 1. The van der Waals surface area contributed by atoms with Crippen molar-refractivity contribution in [1.82, 2.24) is 15.4 Å². The molecule has 0 saturated carbocycles. The number of ether oxygens (including phenoxy) is 2. The average molecular weight is 544 g/mol. The van der Waals surface area contributed by atoms with E-state index in [4.69, 9.17) is 24.9 Å². The SMILES string of the molecule is C[C@H]1[C@H](NC(=O)C(=NOC(C)(C)C(=O)O)c2csc(N)n2)C(=O)N1OCC(=O)OCOC(=O)C(C)(C)C. The third-order valence-corrected chi connectivity index (χ3v) is 5.50. The molecule has 1 aromatic heterocycles. The van der Waals surface area contributed by atoms with Crippen LogP contribution in [0, 0.1) is 5.41 Å². The highest BCUT2D eigenvalue weighted by atomic mass is 32.1. The first kappa shape index (κ1) is 29.4. The number of nitrogens with zero attached hydrogens (tertiary/aromatic N) is 3. The largest absolute Gasteiger partial charge is 0.478 e. The molecule has 0 aliphatic carbocycles. The third kappa shape index (κ3) is 7.60. The number of carbonyl (C=O) groups is 5. The van der Waals surface area contributed by atoms with Gasteiger partial charge in [0.2, 0.25) is 12.4 Å². The first-order valence-corrected chi connectivity index (χ1v) is 11.7. The first-order chi connectivity index (χ1) is 17.0. The number of nitrogens with two attached hydrogens (primary N) is 1. The van der Waals surface area contributed by atoms with Crippen molar-refractivity contribution in [3.05, 3.63) is 11.1 Å². The Bertz CT molecular complexity index is 1090. The molecule has 1 aromatic rings. The Kier molecular flexibility index (Phi) is 9.16. The van der Waals surface area contributed by atoms with E-state index in [-0.39, 0.29) is 10.8 Å². The van der Waals surface area contributed by atoms with Crippen LogP contribution in [0.5, 0.6) is 0 Å². The van der Waals surface area contributed by atoms with Crippen LogP contribution in [-0.2, 0) is 43.1 Å². The van der Waals surface area contributed by atoms with Gasteiger partial charge in [-0.3, -0.25) is 19.2 Å². The van der Waals surface area contributed by atoms with Gasteiger partial charge in [0.05, 0.1) is 11.5 Å². The molecule has 4 N–H and O–H groups in total. The number of hydrogen-bond acceptors (Lipinski definition) is 13. The quantitative estimate of drug-likeness (QED) is 0.111. The summed E-state index contributed by atoms with van der Waals surface area (Å²) in [6.07, 6.45) is 0. The normalized spacial score (nSPS) is 18.1. The Labute approximate surface area is 215 Å². The first-order valence-electron chi connectivity index (χ1n) is 10.8. The topological polar surface area (TPSA) is 209 Å². The minimum absolute atomic E-state index is 0.0172. The summed E-state index contributed by atoms with van der Waals surface area (Å²) in [5, 5.41) is 17.7. The highest BCUT2D eigenvalue weighted by molar-refractivity contribution is 7.13. The molecule has 0 radical (unpaired) electrons. The second-order valence-corrected chi connectivity index (χ2v) is 10.3. The molecule has 0 bridgehead atoms. The highest BCUT2D eigenvalue weighted by Crippen LogP contribution is 2.21. The molecule has 2 heterocycles. The Balaban J connectivity index is 1.94. The van der Waals surface area contributed by atoms with Crippen molar-refractivity contribution in [2.75, 3.05) is 19.1 Å². The lowest BCUT2D eigenvalue weighted by molar-refractivity contribution is -0.235. The number of β-lactam (4-membered cyclic amide) rings is 1. The zero-order valence-corrected chi connectivity index (χ0v) is 21.9. The van der Waals surface area contributed by atoms with Crippen LogP contribution in [0.3, 0.4) is 0 Å². The zero-order chi connectivity index (χ0) is 28.1. The van der Waals surface area contributed by atoms with E-state index in [1.165, 1.54) is 19.2 Å². The number of aromatic nitrogens is 1. The summed E-state index contributed by atoms with van der Waals surface area (Å²) >= 11 is 1.01. The van der Waals surface area contributed by atoms with Crippen LogP contribution in [0.1, 0.15) is 47.2 Å². The van der Waals surface area contributed by atoms with Crippen molar-refractivity contribution in [3.8, 4) is 0 Å². The Hall–Kier alpha value is -3.79. The van der Waals surface area contributed by atoms with Gasteiger partial charge in [-0.25, -0.2) is 19.6 Å². The van der Waals surface area contributed by atoms with Crippen LogP contribution in [0.15, 0.2) is 10.5 Å². The maximum absolute atomic E-state index is 12.9. The fraction of sp³-hybridized carbons (Fsp3) is 0.571. The number of amides is 2. The Morgan fingerprint density at radius 2 is 1.86 bits per heavy atom. The number of hydroxylamine groups is 2. The second-order valence-electron chi connectivity index (χ2n) is 9.36. The number of aliphatic carboxylic acids is 1. The van der Waals surface area contributed by atoms with Crippen LogP contribution in [-0.4, -0.2) is 81.7 Å². The number of nitrogens with one attached hydrogen (secondary N) is 1. The van der Waals surface area contributed by atoms with Gasteiger partial charge in [0.1, 0.15) is 11.7 Å². The van der Waals surface area contributed by atoms with Crippen LogP contribution < -0.4 is 11.1 Å². The van der Waals surface area contributed by atoms with Crippen molar-refractivity contribution in [2.45, 2.75) is 59.2 Å². The van der Waals surface area contributed by atoms with E-state index in [1.54, 1.807) is 27.7 Å². The van der Waals surface area contributed by atoms with Crippen molar-refractivity contribution >= 4 is 51.9 Å². The predicted octanol–water partition coefficient (Wildman–Crippen LogP) is 0.0463. The molecule has 0 aromatic carbocycles. The van der Waals surface area contributed by atoms with E-state index in [0.717, 1.165) is 16.4 Å². The van der Waals surface area contributed by atoms with Crippen LogP contribution in [0.25, 0.3) is 0 Å². The smallest absolute Gasteiger partial charge is 0.350 e. The van der Waals surface area contributed by atoms with E-state index >= 15 is 0 Å². The minimum atomic E-state index is -1.75. The molecule has 2 rings (SSSR count). The number of anilines is 1. The number of carboxylic acid groups (broad SMARTS) is 1.